The van der Waals surface area contributed by atoms with Crippen LogP contribution in [0.15, 0.2) is 0 Å². The number of ketones is 1. The molecule has 0 aromatic carbocycles. The Morgan fingerprint density at radius 1 is 1.22 bits per heavy atom. The second kappa shape index (κ2) is 7.64. The van der Waals surface area contributed by atoms with Crippen molar-refractivity contribution in [1.82, 2.24) is 9.88 Å². The minimum Gasteiger partial charge on any atom is -0.303 e. The summed E-state index contributed by atoms with van der Waals surface area (Å²) >= 11 is 1.58. The molecule has 0 spiro atoms. The van der Waals surface area contributed by atoms with Gasteiger partial charge in [-0.2, -0.15) is 0 Å². The number of likely N-dealkylation sites (N-methyl/N-ethyl adjacent to an activating group) is 1. The molecular weight excluding hydrogens is 244 g/mol. The van der Waals surface area contributed by atoms with Crippen LogP contribution in [0.2, 0.25) is 0 Å². The van der Waals surface area contributed by atoms with Gasteiger partial charge in [-0.1, -0.05) is 27.2 Å². The molecule has 1 aromatic rings. The summed E-state index contributed by atoms with van der Waals surface area (Å²) in [6.45, 7) is 11.3. The Hall–Kier alpha value is -0.740. The Morgan fingerprint density at radius 3 is 2.39 bits per heavy atom. The zero-order chi connectivity index (χ0) is 13.5. The molecule has 0 bridgehead atoms. The van der Waals surface area contributed by atoms with Gasteiger partial charge in [-0.15, -0.1) is 11.3 Å². The first-order valence-corrected chi connectivity index (χ1v) is 7.65. The second-order valence-corrected chi connectivity index (χ2v) is 5.55. The van der Waals surface area contributed by atoms with Gasteiger partial charge in [-0.25, -0.2) is 4.98 Å². The van der Waals surface area contributed by atoms with E-state index in [0.29, 0.717) is 0 Å². The first-order valence-electron chi connectivity index (χ1n) is 6.84. The Morgan fingerprint density at radius 2 is 1.89 bits per heavy atom. The van der Waals surface area contributed by atoms with Gasteiger partial charge < -0.3 is 4.90 Å². The predicted octanol–water partition coefficient (Wildman–Crippen LogP) is 3.18. The van der Waals surface area contributed by atoms with E-state index in [1.807, 2.05) is 0 Å². The minimum absolute atomic E-state index is 0.157. The number of nitrogens with zero attached hydrogens (tertiary/aromatic N) is 2. The number of aryl methyl sites for hydroxylation is 1. The van der Waals surface area contributed by atoms with Crippen LogP contribution in [0.5, 0.6) is 0 Å². The topological polar surface area (TPSA) is 33.2 Å². The predicted molar refractivity (Wildman–Crippen MR) is 77.6 cm³/mol. The zero-order valence-electron chi connectivity index (χ0n) is 12.0. The summed E-state index contributed by atoms with van der Waals surface area (Å²) in [6, 6.07) is 0. The van der Waals surface area contributed by atoms with Gasteiger partial charge in [0.15, 0.2) is 5.78 Å². The molecule has 0 fully saturated rings. The molecule has 0 saturated carbocycles. The van der Waals surface area contributed by atoms with E-state index >= 15 is 0 Å². The first-order chi connectivity index (χ1) is 8.62. The highest BCUT2D eigenvalue weighted by Gasteiger charge is 2.14. The monoisotopic (exact) mass is 268 g/mol. The maximum atomic E-state index is 11.6. The van der Waals surface area contributed by atoms with Crippen molar-refractivity contribution in [1.29, 1.82) is 0 Å². The van der Waals surface area contributed by atoms with Crippen LogP contribution < -0.4 is 0 Å². The first kappa shape index (κ1) is 15.3. The quantitative estimate of drug-likeness (QED) is 0.679. The van der Waals surface area contributed by atoms with Crippen LogP contribution in [0.4, 0.5) is 0 Å². The summed E-state index contributed by atoms with van der Waals surface area (Å²) in [7, 11) is 0. The summed E-state index contributed by atoms with van der Waals surface area (Å²) in [6.07, 6.45) is 2.91. The van der Waals surface area contributed by atoms with Crippen LogP contribution in [0.3, 0.4) is 0 Å². The lowest BCUT2D eigenvalue weighted by Gasteiger charge is -2.16. The smallest absolute Gasteiger partial charge is 0.171 e. The average molecular weight is 268 g/mol. The highest BCUT2D eigenvalue weighted by atomic mass is 32.1. The van der Waals surface area contributed by atoms with Crippen molar-refractivity contribution in [3.63, 3.8) is 0 Å². The second-order valence-electron chi connectivity index (χ2n) is 4.47. The highest BCUT2D eigenvalue weighted by Crippen LogP contribution is 2.21. The van der Waals surface area contributed by atoms with Crippen molar-refractivity contribution in [2.24, 2.45) is 0 Å². The number of aromatic nitrogens is 1. The molecule has 0 atom stereocenters. The molecule has 4 heteroatoms. The van der Waals surface area contributed by atoms with Gasteiger partial charge in [0, 0.05) is 19.9 Å². The van der Waals surface area contributed by atoms with E-state index in [9.17, 15) is 4.79 Å². The molecule has 18 heavy (non-hydrogen) atoms. The third-order valence-corrected chi connectivity index (χ3v) is 4.34. The van der Waals surface area contributed by atoms with Crippen molar-refractivity contribution < 1.29 is 4.79 Å². The molecule has 1 rings (SSSR count). The Balaban J connectivity index is 2.72. The van der Waals surface area contributed by atoms with E-state index < -0.39 is 0 Å². The van der Waals surface area contributed by atoms with Crippen molar-refractivity contribution in [2.45, 2.75) is 47.0 Å². The molecule has 0 radical (unpaired) electrons. The number of carbonyl (C=O) groups is 1. The molecule has 0 aliphatic carbocycles. The molecule has 0 N–H and O–H groups in total. The molecule has 0 aliphatic rings. The normalized spacial score (nSPS) is 11.2. The number of Topliss-reactive ketones (excluding diaryl/α,β-unsaturated/α-hetero) is 1. The molecule has 0 aliphatic heterocycles. The molecule has 102 valence electrons. The molecule has 3 nitrogen and oxygen atoms in total. The zero-order valence-corrected chi connectivity index (χ0v) is 12.8. The third-order valence-electron chi connectivity index (χ3n) is 3.08. The Kier molecular flexibility index (Phi) is 6.50. The van der Waals surface area contributed by atoms with Crippen LogP contribution in [0.1, 0.15) is 54.5 Å². The van der Waals surface area contributed by atoms with E-state index in [4.69, 9.17) is 0 Å². The fourth-order valence-electron chi connectivity index (χ4n) is 1.98. The Bertz CT molecular complexity index is 383. The molecule has 1 heterocycles. The van der Waals surface area contributed by atoms with E-state index in [1.165, 1.54) is 0 Å². The van der Waals surface area contributed by atoms with Gasteiger partial charge in [-0.3, -0.25) is 4.79 Å². The number of rotatable bonds is 8. The van der Waals surface area contributed by atoms with Crippen LogP contribution in [0, 0.1) is 0 Å². The van der Waals surface area contributed by atoms with Crippen molar-refractivity contribution in [2.75, 3.05) is 19.6 Å². The molecular formula is C14H24N2OS. The molecule has 1 aromatic heterocycles. The standard InChI is InChI=1S/C14H24N2OS/c1-5-8-12-14(11(4)17)18-13(15-12)9-10-16(6-2)7-3/h5-10H2,1-4H3. The summed E-state index contributed by atoms with van der Waals surface area (Å²) in [4.78, 5) is 19.4. The summed E-state index contributed by atoms with van der Waals surface area (Å²) < 4.78 is 0. The summed E-state index contributed by atoms with van der Waals surface area (Å²) in [5, 5.41) is 1.11. The van der Waals surface area contributed by atoms with Crippen LogP contribution in [0.25, 0.3) is 0 Å². The van der Waals surface area contributed by atoms with Crippen LogP contribution in [-0.2, 0) is 12.8 Å². The van der Waals surface area contributed by atoms with Gasteiger partial charge >= 0.3 is 0 Å². The van der Waals surface area contributed by atoms with Gasteiger partial charge in [0.2, 0.25) is 0 Å². The number of carbonyl (C=O) groups excluding carboxylic acids is 1. The van der Waals surface area contributed by atoms with Crippen molar-refractivity contribution in [3.8, 4) is 0 Å². The largest absolute Gasteiger partial charge is 0.303 e. The van der Waals surface area contributed by atoms with E-state index in [0.717, 1.165) is 54.5 Å². The lowest BCUT2D eigenvalue weighted by molar-refractivity contribution is 0.102. The lowest BCUT2D eigenvalue weighted by Crippen LogP contribution is -2.25. The number of hydrogen-bond acceptors (Lipinski definition) is 4. The lowest BCUT2D eigenvalue weighted by atomic mass is 10.2. The summed E-state index contributed by atoms with van der Waals surface area (Å²) in [5.41, 5.74) is 1.00. The van der Waals surface area contributed by atoms with E-state index in [-0.39, 0.29) is 5.78 Å². The number of hydrogen-bond donors (Lipinski definition) is 0. The van der Waals surface area contributed by atoms with Gasteiger partial charge in [-0.05, 0) is 19.5 Å². The fourth-order valence-corrected chi connectivity index (χ4v) is 2.98. The van der Waals surface area contributed by atoms with E-state index in [1.54, 1.807) is 18.3 Å². The maximum Gasteiger partial charge on any atom is 0.171 e. The SMILES string of the molecule is CCCc1nc(CCN(CC)CC)sc1C(C)=O. The van der Waals surface area contributed by atoms with Gasteiger partial charge in [0.25, 0.3) is 0 Å². The minimum atomic E-state index is 0.157. The van der Waals surface area contributed by atoms with Crippen LogP contribution in [-0.4, -0.2) is 35.3 Å². The van der Waals surface area contributed by atoms with Crippen molar-refractivity contribution >= 4 is 17.1 Å². The summed E-state index contributed by atoms with van der Waals surface area (Å²) in [5.74, 6) is 0.157. The number of thiazole rings is 1. The van der Waals surface area contributed by atoms with Gasteiger partial charge in [0.1, 0.15) is 0 Å². The van der Waals surface area contributed by atoms with E-state index in [2.05, 4.69) is 30.7 Å². The maximum absolute atomic E-state index is 11.6. The molecule has 0 unspecified atom stereocenters. The Labute approximate surface area is 114 Å². The fraction of sp³-hybridized carbons (Fsp3) is 0.714. The average Bonchev–Trinajstić information content (AvgIpc) is 2.74. The third kappa shape index (κ3) is 4.18. The molecule has 0 amide bonds. The molecule has 0 saturated heterocycles. The van der Waals surface area contributed by atoms with Crippen molar-refractivity contribution in [3.05, 3.63) is 15.6 Å². The highest BCUT2D eigenvalue weighted by molar-refractivity contribution is 7.13. The van der Waals surface area contributed by atoms with Crippen LogP contribution >= 0.6 is 11.3 Å². The van der Waals surface area contributed by atoms with Gasteiger partial charge in [0.05, 0.1) is 15.6 Å².